The molecule has 1 heterocycles. The van der Waals surface area contributed by atoms with Gasteiger partial charge in [-0.1, -0.05) is 13.3 Å². The minimum atomic E-state index is 0.437. The molecule has 3 fully saturated rings. The minimum Gasteiger partial charge on any atom is -0.343 e. The summed E-state index contributed by atoms with van der Waals surface area (Å²) in [6, 6.07) is 0.636. The van der Waals surface area contributed by atoms with Gasteiger partial charge < -0.3 is 10.2 Å². The first-order valence-corrected chi connectivity index (χ1v) is 8.27. The number of piperidine rings is 1. The van der Waals surface area contributed by atoms with Crippen LogP contribution in [0.15, 0.2) is 0 Å². The third-order valence-electron chi connectivity index (χ3n) is 5.66. The molecule has 3 aliphatic rings. The number of likely N-dealkylation sites (tertiary alicyclic amines) is 1. The van der Waals surface area contributed by atoms with Crippen molar-refractivity contribution in [2.24, 2.45) is 17.8 Å². The molecule has 2 aliphatic carbocycles. The summed E-state index contributed by atoms with van der Waals surface area (Å²) in [5, 5.41) is 3.50. The van der Waals surface area contributed by atoms with Crippen molar-refractivity contribution in [3.63, 3.8) is 0 Å². The molecule has 3 atom stereocenters. The largest absolute Gasteiger partial charge is 0.343 e. The molecule has 3 rings (SSSR count). The Morgan fingerprint density at radius 2 is 1.95 bits per heavy atom. The number of amides is 1. The van der Waals surface area contributed by atoms with Gasteiger partial charge in [-0.3, -0.25) is 4.79 Å². The van der Waals surface area contributed by atoms with Crippen LogP contribution in [0, 0.1) is 17.8 Å². The zero-order chi connectivity index (χ0) is 13.2. The van der Waals surface area contributed by atoms with Crippen molar-refractivity contribution in [2.75, 3.05) is 19.6 Å². The Balaban J connectivity index is 1.44. The summed E-state index contributed by atoms with van der Waals surface area (Å²) in [7, 11) is 0. The van der Waals surface area contributed by atoms with Gasteiger partial charge in [-0.2, -0.15) is 0 Å². The highest BCUT2D eigenvalue weighted by Gasteiger charge is 2.40. The maximum absolute atomic E-state index is 12.4. The monoisotopic (exact) mass is 264 g/mol. The van der Waals surface area contributed by atoms with Crippen molar-refractivity contribution in [2.45, 2.75) is 57.9 Å². The van der Waals surface area contributed by atoms with Crippen LogP contribution in [-0.4, -0.2) is 36.5 Å². The second kappa shape index (κ2) is 5.82. The van der Waals surface area contributed by atoms with Crippen LogP contribution in [0.2, 0.25) is 0 Å². The first kappa shape index (κ1) is 13.4. The first-order chi connectivity index (χ1) is 9.26. The number of carbonyl (C=O) groups excluding carboxylic acids is 1. The molecule has 1 aliphatic heterocycles. The van der Waals surface area contributed by atoms with Crippen molar-refractivity contribution in [1.82, 2.24) is 10.2 Å². The van der Waals surface area contributed by atoms with E-state index in [1.54, 1.807) is 0 Å². The van der Waals surface area contributed by atoms with Gasteiger partial charge in [-0.05, 0) is 56.4 Å². The van der Waals surface area contributed by atoms with E-state index in [0.717, 1.165) is 56.7 Å². The van der Waals surface area contributed by atoms with Crippen molar-refractivity contribution in [3.8, 4) is 0 Å². The SMILES string of the molecule is CCNC1CCN(C(=O)CC2CC3CCC2C3)CC1. The second-order valence-electron chi connectivity index (χ2n) is 6.85. The van der Waals surface area contributed by atoms with Crippen LogP contribution in [0.1, 0.15) is 51.9 Å². The van der Waals surface area contributed by atoms with E-state index < -0.39 is 0 Å². The third kappa shape index (κ3) is 2.96. The van der Waals surface area contributed by atoms with Gasteiger partial charge in [-0.25, -0.2) is 0 Å². The Bertz CT molecular complexity index is 323. The standard InChI is InChI=1S/C16H28N2O/c1-2-17-15-5-7-18(8-6-15)16(19)11-14-10-12-3-4-13(14)9-12/h12-15,17H,2-11H2,1H3. The molecule has 2 saturated carbocycles. The molecule has 1 amide bonds. The zero-order valence-electron chi connectivity index (χ0n) is 12.2. The van der Waals surface area contributed by atoms with E-state index in [1.165, 1.54) is 25.7 Å². The Labute approximate surface area is 117 Å². The molecular formula is C16H28N2O. The van der Waals surface area contributed by atoms with E-state index in [-0.39, 0.29) is 0 Å². The lowest BCUT2D eigenvalue weighted by Gasteiger charge is -2.33. The van der Waals surface area contributed by atoms with Crippen LogP contribution in [0.4, 0.5) is 0 Å². The van der Waals surface area contributed by atoms with E-state index in [0.29, 0.717) is 11.9 Å². The Morgan fingerprint density at radius 3 is 2.53 bits per heavy atom. The van der Waals surface area contributed by atoms with Crippen LogP contribution in [0.5, 0.6) is 0 Å². The number of nitrogens with zero attached hydrogens (tertiary/aromatic N) is 1. The van der Waals surface area contributed by atoms with E-state index in [1.807, 2.05) is 0 Å². The van der Waals surface area contributed by atoms with Crippen molar-refractivity contribution in [1.29, 1.82) is 0 Å². The molecular weight excluding hydrogens is 236 g/mol. The lowest BCUT2D eigenvalue weighted by molar-refractivity contribution is -0.133. The Kier molecular flexibility index (Phi) is 4.11. The molecule has 0 aromatic heterocycles. The average Bonchev–Trinajstić information content (AvgIpc) is 3.02. The van der Waals surface area contributed by atoms with Gasteiger partial charge in [0.2, 0.25) is 5.91 Å². The number of fused-ring (bicyclic) bond motifs is 2. The highest BCUT2D eigenvalue weighted by Crippen LogP contribution is 2.49. The second-order valence-corrected chi connectivity index (χ2v) is 6.85. The zero-order valence-corrected chi connectivity index (χ0v) is 12.2. The van der Waals surface area contributed by atoms with Gasteiger partial charge in [-0.15, -0.1) is 0 Å². The highest BCUT2D eigenvalue weighted by molar-refractivity contribution is 5.76. The molecule has 3 heteroatoms. The molecule has 19 heavy (non-hydrogen) atoms. The van der Waals surface area contributed by atoms with Crippen LogP contribution in [-0.2, 0) is 4.79 Å². The summed E-state index contributed by atoms with van der Waals surface area (Å²) in [6.45, 7) is 5.14. The molecule has 0 spiro atoms. The van der Waals surface area contributed by atoms with E-state index in [9.17, 15) is 4.79 Å². The maximum Gasteiger partial charge on any atom is 0.222 e. The van der Waals surface area contributed by atoms with Gasteiger partial charge in [0, 0.05) is 25.6 Å². The third-order valence-corrected chi connectivity index (χ3v) is 5.66. The van der Waals surface area contributed by atoms with Crippen molar-refractivity contribution in [3.05, 3.63) is 0 Å². The number of carbonyl (C=O) groups is 1. The summed E-state index contributed by atoms with van der Waals surface area (Å²) in [5.74, 6) is 3.00. The van der Waals surface area contributed by atoms with Crippen LogP contribution >= 0.6 is 0 Å². The van der Waals surface area contributed by atoms with Gasteiger partial charge in [0.25, 0.3) is 0 Å². The molecule has 2 bridgehead atoms. The van der Waals surface area contributed by atoms with Crippen LogP contribution in [0.25, 0.3) is 0 Å². The molecule has 3 nitrogen and oxygen atoms in total. The summed E-state index contributed by atoms with van der Waals surface area (Å²) < 4.78 is 0. The van der Waals surface area contributed by atoms with E-state index in [4.69, 9.17) is 0 Å². The van der Waals surface area contributed by atoms with Gasteiger partial charge in [0.05, 0.1) is 0 Å². The molecule has 1 saturated heterocycles. The molecule has 0 radical (unpaired) electrons. The highest BCUT2D eigenvalue weighted by atomic mass is 16.2. The van der Waals surface area contributed by atoms with E-state index >= 15 is 0 Å². The maximum atomic E-state index is 12.4. The molecule has 0 aromatic rings. The predicted octanol–water partition coefficient (Wildman–Crippen LogP) is 2.41. The quantitative estimate of drug-likeness (QED) is 0.845. The number of nitrogens with one attached hydrogen (secondary N) is 1. The number of hydrogen-bond donors (Lipinski definition) is 1. The normalized spacial score (nSPS) is 35.0. The predicted molar refractivity (Wildman–Crippen MR) is 76.8 cm³/mol. The van der Waals surface area contributed by atoms with E-state index in [2.05, 4.69) is 17.1 Å². The summed E-state index contributed by atoms with van der Waals surface area (Å²) >= 11 is 0. The molecule has 1 N–H and O–H groups in total. The van der Waals surface area contributed by atoms with Crippen molar-refractivity contribution >= 4 is 5.91 Å². The smallest absolute Gasteiger partial charge is 0.222 e. The average molecular weight is 264 g/mol. The summed E-state index contributed by atoms with van der Waals surface area (Å²) in [6.07, 6.45) is 8.69. The molecule has 3 unspecified atom stereocenters. The topological polar surface area (TPSA) is 32.3 Å². The Morgan fingerprint density at radius 1 is 1.16 bits per heavy atom. The summed E-state index contributed by atoms with van der Waals surface area (Å²) in [5.41, 5.74) is 0. The number of hydrogen-bond acceptors (Lipinski definition) is 2. The fourth-order valence-corrected chi connectivity index (χ4v) is 4.60. The van der Waals surface area contributed by atoms with Gasteiger partial charge >= 0.3 is 0 Å². The van der Waals surface area contributed by atoms with Crippen molar-refractivity contribution < 1.29 is 4.79 Å². The van der Waals surface area contributed by atoms with Gasteiger partial charge in [0.1, 0.15) is 0 Å². The first-order valence-electron chi connectivity index (χ1n) is 8.27. The summed E-state index contributed by atoms with van der Waals surface area (Å²) in [4.78, 5) is 14.5. The van der Waals surface area contributed by atoms with Gasteiger partial charge in [0.15, 0.2) is 0 Å². The number of rotatable bonds is 4. The van der Waals surface area contributed by atoms with Crippen LogP contribution in [0.3, 0.4) is 0 Å². The lowest BCUT2D eigenvalue weighted by Crippen LogP contribution is -2.45. The molecule has 108 valence electrons. The Hall–Kier alpha value is -0.570. The van der Waals surface area contributed by atoms with Crippen LogP contribution < -0.4 is 5.32 Å². The lowest BCUT2D eigenvalue weighted by atomic mass is 9.86. The minimum absolute atomic E-state index is 0.437. The molecule has 0 aromatic carbocycles. The fraction of sp³-hybridized carbons (Fsp3) is 0.938. The fourth-order valence-electron chi connectivity index (χ4n) is 4.60.